The Morgan fingerprint density at radius 3 is 2.58 bits per heavy atom. The fourth-order valence-electron chi connectivity index (χ4n) is 4.12. The Balaban J connectivity index is 1.27. The van der Waals surface area contributed by atoms with Crippen LogP contribution in [-0.2, 0) is 6.54 Å². The average molecular weight is 370 g/mol. The second kappa shape index (κ2) is 8.23. The van der Waals surface area contributed by atoms with E-state index in [2.05, 4.69) is 58.1 Å². The molecular weight excluding hydrogens is 342 g/mol. The molecule has 5 heteroatoms. The van der Waals surface area contributed by atoms with Gasteiger partial charge < -0.3 is 10.2 Å². The number of carbonyl (C=O) groups excluding carboxylic acids is 1. The van der Waals surface area contributed by atoms with Crippen LogP contribution in [0.15, 0.2) is 47.8 Å². The lowest BCUT2D eigenvalue weighted by Crippen LogP contribution is -2.48. The van der Waals surface area contributed by atoms with E-state index in [0.29, 0.717) is 6.04 Å². The normalized spacial score (nSPS) is 21.8. The van der Waals surface area contributed by atoms with E-state index in [9.17, 15) is 4.79 Å². The molecule has 0 bridgehead atoms. The second-order valence-corrected chi connectivity index (χ2v) is 8.33. The van der Waals surface area contributed by atoms with Crippen LogP contribution in [0.1, 0.15) is 42.2 Å². The molecule has 1 unspecified atom stereocenters. The molecule has 26 heavy (non-hydrogen) atoms. The third-order valence-electron chi connectivity index (χ3n) is 5.55. The first-order valence-corrected chi connectivity index (χ1v) is 10.5. The largest absolute Gasteiger partial charge is 0.335 e. The van der Waals surface area contributed by atoms with Gasteiger partial charge in [0, 0.05) is 37.1 Å². The number of nitrogens with zero attached hydrogens (tertiary/aromatic N) is 2. The van der Waals surface area contributed by atoms with Crippen molar-refractivity contribution in [1.82, 2.24) is 15.1 Å². The van der Waals surface area contributed by atoms with E-state index < -0.39 is 0 Å². The molecule has 0 spiro atoms. The van der Waals surface area contributed by atoms with Crippen LogP contribution in [0.25, 0.3) is 0 Å². The van der Waals surface area contributed by atoms with Crippen LogP contribution in [0.3, 0.4) is 0 Å². The summed E-state index contributed by atoms with van der Waals surface area (Å²) in [5.74, 6) is 0. The van der Waals surface area contributed by atoms with Crippen LogP contribution < -0.4 is 5.32 Å². The maximum absolute atomic E-state index is 12.8. The number of hydrogen-bond acceptors (Lipinski definition) is 3. The maximum atomic E-state index is 12.8. The number of rotatable bonds is 4. The molecule has 1 aromatic carbocycles. The van der Waals surface area contributed by atoms with Crippen LogP contribution in [0.2, 0.25) is 0 Å². The van der Waals surface area contributed by atoms with E-state index in [1.54, 1.807) is 11.3 Å². The number of amides is 2. The van der Waals surface area contributed by atoms with Gasteiger partial charge in [-0.25, -0.2) is 4.79 Å². The Kier molecular flexibility index (Phi) is 5.56. The van der Waals surface area contributed by atoms with Crippen molar-refractivity contribution in [3.63, 3.8) is 0 Å². The summed E-state index contributed by atoms with van der Waals surface area (Å²) in [6.07, 6.45) is 4.27. The molecule has 0 radical (unpaired) electrons. The fraction of sp³-hybridized carbons (Fsp3) is 0.476. The zero-order chi connectivity index (χ0) is 17.8. The van der Waals surface area contributed by atoms with E-state index in [1.165, 1.54) is 10.4 Å². The van der Waals surface area contributed by atoms with Crippen LogP contribution in [0, 0.1) is 0 Å². The molecule has 2 aliphatic heterocycles. The SMILES string of the molecule is O=C(NC1CCN(Cc2ccccc2)CC1)N1CCCC1c1cccs1. The first-order valence-electron chi connectivity index (χ1n) is 9.66. The third-order valence-corrected chi connectivity index (χ3v) is 6.52. The molecule has 2 aliphatic rings. The standard InChI is InChI=1S/C21H27N3OS/c25-21(24-12-4-8-19(24)20-9-5-15-26-20)22-18-10-13-23(14-11-18)16-17-6-2-1-3-7-17/h1-3,5-7,9,15,18-19H,4,8,10-14,16H2,(H,22,25). The summed E-state index contributed by atoms with van der Waals surface area (Å²) in [7, 11) is 0. The van der Waals surface area contributed by atoms with Gasteiger partial charge in [-0.2, -0.15) is 0 Å². The molecule has 4 nitrogen and oxygen atoms in total. The Bertz CT molecular complexity index is 695. The van der Waals surface area contributed by atoms with Gasteiger partial charge in [-0.1, -0.05) is 36.4 Å². The van der Waals surface area contributed by atoms with Crippen molar-refractivity contribution >= 4 is 17.4 Å². The summed E-state index contributed by atoms with van der Waals surface area (Å²) >= 11 is 1.76. The van der Waals surface area contributed by atoms with Crippen molar-refractivity contribution < 1.29 is 4.79 Å². The summed E-state index contributed by atoms with van der Waals surface area (Å²) in [6, 6.07) is 15.6. The molecule has 1 aromatic heterocycles. The van der Waals surface area contributed by atoms with Crippen LogP contribution in [-0.4, -0.2) is 41.5 Å². The van der Waals surface area contributed by atoms with Gasteiger partial charge in [0.15, 0.2) is 0 Å². The summed E-state index contributed by atoms with van der Waals surface area (Å²) in [5.41, 5.74) is 1.37. The van der Waals surface area contributed by atoms with E-state index in [1.807, 2.05) is 4.90 Å². The van der Waals surface area contributed by atoms with Gasteiger partial charge in [-0.15, -0.1) is 11.3 Å². The minimum absolute atomic E-state index is 0.127. The number of piperidine rings is 1. The van der Waals surface area contributed by atoms with E-state index in [-0.39, 0.29) is 12.1 Å². The molecule has 2 fully saturated rings. The predicted octanol–water partition coefficient (Wildman–Crippen LogP) is 4.26. The number of carbonyl (C=O) groups is 1. The number of thiophene rings is 1. The first kappa shape index (κ1) is 17.6. The molecule has 3 heterocycles. The lowest BCUT2D eigenvalue weighted by molar-refractivity contribution is 0.166. The molecule has 1 atom stereocenters. The van der Waals surface area contributed by atoms with Gasteiger partial charge in [0.1, 0.15) is 0 Å². The molecule has 0 saturated carbocycles. The van der Waals surface area contributed by atoms with Gasteiger partial charge in [-0.05, 0) is 42.7 Å². The van der Waals surface area contributed by atoms with Crippen molar-refractivity contribution in [1.29, 1.82) is 0 Å². The number of likely N-dealkylation sites (tertiary alicyclic amines) is 2. The van der Waals surface area contributed by atoms with Crippen molar-refractivity contribution in [2.45, 2.75) is 44.3 Å². The molecular formula is C21H27N3OS. The van der Waals surface area contributed by atoms with Crippen LogP contribution in [0.4, 0.5) is 4.79 Å². The Labute approximate surface area is 159 Å². The summed E-state index contributed by atoms with van der Waals surface area (Å²) in [5, 5.41) is 5.41. The van der Waals surface area contributed by atoms with Crippen molar-refractivity contribution in [3.8, 4) is 0 Å². The van der Waals surface area contributed by atoms with Crippen LogP contribution in [0.5, 0.6) is 0 Å². The molecule has 2 saturated heterocycles. The topological polar surface area (TPSA) is 35.6 Å². The highest BCUT2D eigenvalue weighted by molar-refractivity contribution is 7.10. The van der Waals surface area contributed by atoms with Gasteiger partial charge >= 0.3 is 6.03 Å². The highest BCUT2D eigenvalue weighted by Crippen LogP contribution is 2.34. The van der Waals surface area contributed by atoms with Gasteiger partial charge in [0.2, 0.25) is 0 Å². The highest BCUT2D eigenvalue weighted by atomic mass is 32.1. The monoisotopic (exact) mass is 369 g/mol. The molecule has 0 aliphatic carbocycles. The molecule has 2 amide bonds. The minimum Gasteiger partial charge on any atom is -0.335 e. The fourth-order valence-corrected chi connectivity index (χ4v) is 4.99. The third kappa shape index (κ3) is 4.10. The van der Waals surface area contributed by atoms with E-state index in [4.69, 9.17) is 0 Å². The summed E-state index contributed by atoms with van der Waals surface area (Å²) < 4.78 is 0. The smallest absolute Gasteiger partial charge is 0.318 e. The second-order valence-electron chi connectivity index (χ2n) is 7.35. The van der Waals surface area contributed by atoms with Crippen LogP contribution >= 0.6 is 11.3 Å². The quantitative estimate of drug-likeness (QED) is 0.874. The van der Waals surface area contributed by atoms with Crippen molar-refractivity contribution in [3.05, 3.63) is 58.3 Å². The van der Waals surface area contributed by atoms with Gasteiger partial charge in [0.05, 0.1) is 6.04 Å². The van der Waals surface area contributed by atoms with Gasteiger partial charge in [-0.3, -0.25) is 4.90 Å². The summed E-state index contributed by atoms with van der Waals surface area (Å²) in [4.78, 5) is 18.6. The van der Waals surface area contributed by atoms with Crippen molar-refractivity contribution in [2.24, 2.45) is 0 Å². The average Bonchev–Trinajstić information content (AvgIpc) is 3.35. The van der Waals surface area contributed by atoms with E-state index >= 15 is 0 Å². The minimum atomic E-state index is 0.127. The van der Waals surface area contributed by atoms with Gasteiger partial charge in [0.25, 0.3) is 0 Å². The predicted molar refractivity (Wildman–Crippen MR) is 106 cm³/mol. The Morgan fingerprint density at radius 1 is 1.04 bits per heavy atom. The number of nitrogens with one attached hydrogen (secondary N) is 1. The summed E-state index contributed by atoms with van der Waals surface area (Å²) in [6.45, 7) is 3.98. The Morgan fingerprint density at radius 2 is 1.85 bits per heavy atom. The Hall–Kier alpha value is -1.85. The lowest BCUT2D eigenvalue weighted by Gasteiger charge is -2.34. The molecule has 2 aromatic rings. The number of benzene rings is 1. The first-order chi connectivity index (χ1) is 12.8. The molecule has 1 N–H and O–H groups in total. The molecule has 138 valence electrons. The zero-order valence-electron chi connectivity index (χ0n) is 15.1. The maximum Gasteiger partial charge on any atom is 0.318 e. The number of hydrogen-bond donors (Lipinski definition) is 1. The van der Waals surface area contributed by atoms with Crippen molar-refractivity contribution in [2.75, 3.05) is 19.6 Å². The molecule has 4 rings (SSSR count). The highest BCUT2D eigenvalue weighted by Gasteiger charge is 2.32. The lowest BCUT2D eigenvalue weighted by atomic mass is 10.0. The number of urea groups is 1. The zero-order valence-corrected chi connectivity index (χ0v) is 16.0. The van der Waals surface area contributed by atoms with E-state index in [0.717, 1.165) is 51.9 Å².